The zero-order valence-electron chi connectivity index (χ0n) is 10.2. The van der Waals surface area contributed by atoms with Crippen molar-refractivity contribution in [3.63, 3.8) is 0 Å². The summed E-state index contributed by atoms with van der Waals surface area (Å²) in [4.78, 5) is 21.3. The van der Waals surface area contributed by atoms with Crippen LogP contribution in [0, 0.1) is 19.5 Å². The highest BCUT2D eigenvalue weighted by Crippen LogP contribution is 2.35. The van der Waals surface area contributed by atoms with Crippen LogP contribution in [0.4, 0.5) is 10.1 Å². The van der Waals surface area contributed by atoms with E-state index < -0.39 is 22.4 Å². The molecule has 0 heterocycles. The third kappa shape index (κ3) is 3.27. The Morgan fingerprint density at radius 3 is 2.57 bits per heavy atom. The standard InChI is InChI=1S/C13H7FINO5/c14-8-5-12(10(16(19)20)6-9(8)15)21-11-4-2-1-3-7(11)13(17)18/h1-6H,(H,17,18). The number of benzene rings is 2. The second-order valence-corrected chi connectivity index (χ2v) is 5.06. The third-order valence-corrected chi connectivity index (χ3v) is 3.36. The molecule has 0 unspecified atom stereocenters. The molecule has 0 spiro atoms. The van der Waals surface area contributed by atoms with Gasteiger partial charge in [0.1, 0.15) is 17.1 Å². The molecule has 2 aromatic carbocycles. The summed E-state index contributed by atoms with van der Waals surface area (Å²) in [6.07, 6.45) is 0. The van der Waals surface area contributed by atoms with Gasteiger partial charge in [-0.1, -0.05) is 12.1 Å². The topological polar surface area (TPSA) is 89.7 Å². The Morgan fingerprint density at radius 1 is 1.29 bits per heavy atom. The Hall–Kier alpha value is -2.23. The summed E-state index contributed by atoms with van der Waals surface area (Å²) < 4.78 is 18.9. The van der Waals surface area contributed by atoms with Gasteiger partial charge in [0.25, 0.3) is 0 Å². The summed E-state index contributed by atoms with van der Waals surface area (Å²) in [7, 11) is 0. The lowest BCUT2D eigenvalue weighted by Crippen LogP contribution is -2.01. The quantitative estimate of drug-likeness (QED) is 0.476. The molecule has 1 N–H and O–H groups in total. The first-order valence-corrected chi connectivity index (χ1v) is 6.61. The average molecular weight is 403 g/mol. The molecule has 0 aliphatic heterocycles. The first-order valence-electron chi connectivity index (χ1n) is 5.53. The van der Waals surface area contributed by atoms with Crippen molar-refractivity contribution in [2.24, 2.45) is 0 Å². The lowest BCUT2D eigenvalue weighted by molar-refractivity contribution is -0.385. The van der Waals surface area contributed by atoms with Gasteiger partial charge in [0.15, 0.2) is 0 Å². The number of para-hydroxylation sites is 1. The van der Waals surface area contributed by atoms with E-state index in [-0.39, 0.29) is 20.6 Å². The Bertz CT molecular complexity index is 734. The van der Waals surface area contributed by atoms with Crippen LogP contribution in [0.5, 0.6) is 11.5 Å². The number of aromatic carboxylic acids is 1. The van der Waals surface area contributed by atoms with Crippen LogP contribution in [0.2, 0.25) is 0 Å². The minimum absolute atomic E-state index is 0.0677. The first-order chi connectivity index (χ1) is 9.90. The van der Waals surface area contributed by atoms with Crippen molar-refractivity contribution in [3.05, 3.63) is 61.5 Å². The van der Waals surface area contributed by atoms with Gasteiger partial charge in [-0.2, -0.15) is 0 Å². The highest BCUT2D eigenvalue weighted by Gasteiger charge is 2.21. The summed E-state index contributed by atoms with van der Waals surface area (Å²) in [5.74, 6) is -2.40. The van der Waals surface area contributed by atoms with Crippen LogP contribution in [-0.2, 0) is 0 Å². The zero-order valence-corrected chi connectivity index (χ0v) is 12.4. The molecule has 0 amide bonds. The molecule has 0 bridgehead atoms. The average Bonchev–Trinajstić information content (AvgIpc) is 2.42. The van der Waals surface area contributed by atoms with Gasteiger partial charge >= 0.3 is 11.7 Å². The number of nitro groups is 1. The number of carboxylic acids is 1. The van der Waals surface area contributed by atoms with Gasteiger partial charge in [-0.05, 0) is 34.7 Å². The fraction of sp³-hybridized carbons (Fsp3) is 0. The van der Waals surface area contributed by atoms with Crippen molar-refractivity contribution in [2.45, 2.75) is 0 Å². The summed E-state index contributed by atoms with van der Waals surface area (Å²) in [5.41, 5.74) is -0.619. The number of nitrogens with zero attached hydrogens (tertiary/aromatic N) is 1. The van der Waals surface area contributed by atoms with Gasteiger partial charge in [0.05, 0.1) is 8.49 Å². The molecule has 8 heteroatoms. The monoisotopic (exact) mass is 403 g/mol. The van der Waals surface area contributed by atoms with E-state index in [2.05, 4.69) is 0 Å². The maximum Gasteiger partial charge on any atom is 0.339 e. The number of hydrogen-bond acceptors (Lipinski definition) is 4. The maximum atomic E-state index is 13.6. The van der Waals surface area contributed by atoms with Crippen LogP contribution in [-0.4, -0.2) is 16.0 Å². The highest BCUT2D eigenvalue weighted by molar-refractivity contribution is 14.1. The van der Waals surface area contributed by atoms with Crippen LogP contribution in [0.1, 0.15) is 10.4 Å². The van der Waals surface area contributed by atoms with Crippen molar-refractivity contribution in [3.8, 4) is 11.5 Å². The van der Waals surface area contributed by atoms with Crippen LogP contribution in [0.15, 0.2) is 36.4 Å². The number of nitro benzene ring substituents is 1. The predicted molar refractivity (Wildman–Crippen MR) is 79.2 cm³/mol. The van der Waals surface area contributed by atoms with Gasteiger partial charge in [-0.15, -0.1) is 0 Å². The van der Waals surface area contributed by atoms with Crippen LogP contribution in [0.3, 0.4) is 0 Å². The van der Waals surface area contributed by atoms with E-state index in [1.54, 1.807) is 22.6 Å². The zero-order chi connectivity index (χ0) is 15.6. The Morgan fingerprint density at radius 2 is 1.95 bits per heavy atom. The fourth-order valence-electron chi connectivity index (χ4n) is 1.59. The van der Waals surface area contributed by atoms with Gasteiger partial charge in [0, 0.05) is 12.1 Å². The maximum absolute atomic E-state index is 13.6. The Labute approximate surface area is 131 Å². The van der Waals surface area contributed by atoms with Crippen molar-refractivity contribution < 1.29 is 24.0 Å². The predicted octanol–water partition coefficient (Wildman–Crippen LogP) is 3.83. The number of hydrogen-bond donors (Lipinski definition) is 1. The van der Waals surface area contributed by atoms with Gasteiger partial charge in [-0.3, -0.25) is 10.1 Å². The van der Waals surface area contributed by atoms with Gasteiger partial charge in [-0.25, -0.2) is 9.18 Å². The second kappa shape index (κ2) is 6.04. The van der Waals surface area contributed by atoms with E-state index in [1.807, 2.05) is 0 Å². The van der Waals surface area contributed by atoms with Crippen LogP contribution < -0.4 is 4.74 Å². The lowest BCUT2D eigenvalue weighted by Gasteiger charge is -2.09. The molecule has 2 rings (SSSR count). The molecule has 21 heavy (non-hydrogen) atoms. The van der Waals surface area contributed by atoms with Gasteiger partial charge in [0.2, 0.25) is 5.75 Å². The molecular formula is C13H7FINO5. The van der Waals surface area contributed by atoms with E-state index in [4.69, 9.17) is 9.84 Å². The highest BCUT2D eigenvalue weighted by atomic mass is 127. The second-order valence-electron chi connectivity index (χ2n) is 3.89. The van der Waals surface area contributed by atoms with Crippen LogP contribution >= 0.6 is 22.6 Å². The molecule has 0 fully saturated rings. The number of halogens is 2. The molecule has 2 aromatic rings. The third-order valence-electron chi connectivity index (χ3n) is 2.54. The smallest absolute Gasteiger partial charge is 0.339 e. The van der Waals surface area contributed by atoms with E-state index in [0.717, 1.165) is 12.1 Å². The summed E-state index contributed by atoms with van der Waals surface area (Å²) in [5, 5.41) is 20.0. The normalized spacial score (nSPS) is 10.2. The van der Waals surface area contributed by atoms with E-state index in [1.165, 1.54) is 24.3 Å². The number of carbonyl (C=O) groups is 1. The first kappa shape index (κ1) is 15.2. The van der Waals surface area contributed by atoms with E-state index in [9.17, 15) is 19.3 Å². The molecule has 0 saturated carbocycles. The largest absolute Gasteiger partial charge is 0.478 e. The van der Waals surface area contributed by atoms with Crippen molar-refractivity contribution in [1.29, 1.82) is 0 Å². The molecule has 0 aromatic heterocycles. The molecule has 108 valence electrons. The minimum atomic E-state index is -1.25. The number of carboxylic acid groups (broad SMARTS) is 1. The number of rotatable bonds is 4. The molecule has 0 radical (unpaired) electrons. The Balaban J connectivity index is 2.52. The molecule has 0 atom stereocenters. The molecule has 6 nitrogen and oxygen atoms in total. The number of ether oxygens (including phenoxy) is 1. The molecular weight excluding hydrogens is 396 g/mol. The molecule has 0 aliphatic carbocycles. The minimum Gasteiger partial charge on any atom is -0.478 e. The summed E-state index contributed by atoms with van der Waals surface area (Å²) in [6, 6.07) is 7.50. The summed E-state index contributed by atoms with van der Waals surface area (Å²) in [6.45, 7) is 0. The van der Waals surface area contributed by atoms with Crippen LogP contribution in [0.25, 0.3) is 0 Å². The SMILES string of the molecule is O=C(O)c1ccccc1Oc1cc(F)c(I)cc1[N+](=O)[O-]. The van der Waals surface area contributed by atoms with Crippen molar-refractivity contribution in [2.75, 3.05) is 0 Å². The lowest BCUT2D eigenvalue weighted by atomic mass is 10.2. The van der Waals surface area contributed by atoms with Crippen molar-refractivity contribution in [1.82, 2.24) is 0 Å². The van der Waals surface area contributed by atoms with E-state index >= 15 is 0 Å². The fourth-order valence-corrected chi connectivity index (χ4v) is 2.04. The summed E-state index contributed by atoms with van der Waals surface area (Å²) >= 11 is 1.62. The Kier molecular flexibility index (Phi) is 4.36. The molecule has 0 saturated heterocycles. The molecule has 0 aliphatic rings. The van der Waals surface area contributed by atoms with E-state index in [0.29, 0.717) is 0 Å². The van der Waals surface area contributed by atoms with Crippen molar-refractivity contribution >= 4 is 34.2 Å². The van der Waals surface area contributed by atoms with Gasteiger partial charge < -0.3 is 9.84 Å².